The quantitative estimate of drug-likeness (QED) is 0.620. The van der Waals surface area contributed by atoms with Gasteiger partial charge in [0, 0.05) is 17.4 Å². The first-order valence-corrected chi connectivity index (χ1v) is 8.39. The van der Waals surface area contributed by atoms with E-state index in [4.69, 9.17) is 11.6 Å². The van der Waals surface area contributed by atoms with Crippen LogP contribution in [-0.4, -0.2) is 11.0 Å². The minimum absolute atomic E-state index is 0.00581. The Bertz CT molecular complexity index is 811. The molecule has 0 radical (unpaired) electrons. The van der Waals surface area contributed by atoms with Crippen molar-refractivity contribution in [2.75, 3.05) is 5.32 Å². The van der Waals surface area contributed by atoms with E-state index in [0.717, 1.165) is 11.1 Å². The molecule has 126 valence electrons. The van der Waals surface area contributed by atoms with Crippen LogP contribution >= 0.6 is 11.6 Å². The maximum atomic E-state index is 12.6. The number of hydrogen-bond donors (Lipinski definition) is 2. The Labute approximate surface area is 151 Å². The number of nitrogens with one attached hydrogen (secondary N) is 1. The van der Waals surface area contributed by atoms with Crippen LogP contribution in [0, 0.1) is 0 Å². The Hall–Kier alpha value is -2.78. The number of anilines is 1. The zero-order valence-electron chi connectivity index (χ0n) is 13.5. The molecule has 0 aliphatic carbocycles. The second-order valence-electron chi connectivity index (χ2n) is 5.79. The number of phenolic OH excluding ortho intramolecular Hbond substituents is 1. The molecule has 3 aromatic rings. The molecule has 0 spiro atoms. The Kier molecular flexibility index (Phi) is 5.36. The summed E-state index contributed by atoms with van der Waals surface area (Å²) in [5.74, 6) is -0.257. The number of rotatable bonds is 5. The van der Waals surface area contributed by atoms with Crippen molar-refractivity contribution in [3.05, 3.63) is 95.0 Å². The van der Waals surface area contributed by atoms with Crippen LogP contribution in [0.15, 0.2) is 78.9 Å². The van der Waals surface area contributed by atoms with Crippen molar-refractivity contribution in [3.8, 4) is 5.75 Å². The number of carbonyl (C=O) groups is 1. The molecule has 0 aliphatic heterocycles. The summed E-state index contributed by atoms with van der Waals surface area (Å²) in [7, 11) is 0. The Morgan fingerprint density at radius 2 is 1.48 bits per heavy atom. The number of amides is 1. The molecule has 0 heterocycles. The average molecular weight is 352 g/mol. The molecule has 0 saturated carbocycles. The number of phenols is 1. The molecule has 2 N–H and O–H groups in total. The Balaban J connectivity index is 1.83. The van der Waals surface area contributed by atoms with E-state index >= 15 is 0 Å². The molecular weight excluding hydrogens is 334 g/mol. The second-order valence-corrected chi connectivity index (χ2v) is 6.22. The van der Waals surface area contributed by atoms with Crippen LogP contribution < -0.4 is 5.32 Å². The molecule has 0 saturated heterocycles. The smallest absolute Gasteiger partial charge is 0.225 e. The van der Waals surface area contributed by atoms with E-state index < -0.39 is 0 Å². The van der Waals surface area contributed by atoms with Crippen LogP contribution in [0.3, 0.4) is 0 Å². The van der Waals surface area contributed by atoms with E-state index in [1.54, 1.807) is 6.07 Å². The van der Waals surface area contributed by atoms with Gasteiger partial charge in [0.25, 0.3) is 0 Å². The van der Waals surface area contributed by atoms with Crippen molar-refractivity contribution in [3.63, 3.8) is 0 Å². The molecule has 3 nitrogen and oxygen atoms in total. The zero-order valence-corrected chi connectivity index (χ0v) is 14.3. The summed E-state index contributed by atoms with van der Waals surface area (Å²) >= 11 is 5.94. The van der Waals surface area contributed by atoms with Crippen molar-refractivity contribution >= 4 is 23.2 Å². The van der Waals surface area contributed by atoms with Gasteiger partial charge in [0.05, 0.1) is 5.69 Å². The van der Waals surface area contributed by atoms with E-state index in [1.807, 2.05) is 60.7 Å². The highest BCUT2D eigenvalue weighted by Crippen LogP contribution is 2.30. The van der Waals surface area contributed by atoms with Gasteiger partial charge in [-0.25, -0.2) is 0 Å². The van der Waals surface area contributed by atoms with Crippen LogP contribution in [-0.2, 0) is 4.79 Å². The van der Waals surface area contributed by atoms with Crippen molar-refractivity contribution in [2.45, 2.75) is 12.3 Å². The summed E-state index contributed by atoms with van der Waals surface area (Å²) in [6.07, 6.45) is 0.264. The molecule has 0 fully saturated rings. The van der Waals surface area contributed by atoms with Gasteiger partial charge in [0.2, 0.25) is 5.91 Å². The number of carbonyl (C=O) groups excluding carboxylic acids is 1. The number of hydrogen-bond acceptors (Lipinski definition) is 2. The number of benzene rings is 3. The minimum atomic E-state index is -0.185. The molecule has 25 heavy (non-hydrogen) atoms. The molecular formula is C21H18ClNO2. The van der Waals surface area contributed by atoms with Gasteiger partial charge in [-0.2, -0.15) is 0 Å². The van der Waals surface area contributed by atoms with Crippen molar-refractivity contribution in [1.82, 2.24) is 0 Å². The molecule has 3 aromatic carbocycles. The van der Waals surface area contributed by atoms with Gasteiger partial charge in [-0.15, -0.1) is 0 Å². The van der Waals surface area contributed by atoms with E-state index in [0.29, 0.717) is 10.7 Å². The average Bonchev–Trinajstić information content (AvgIpc) is 2.64. The largest absolute Gasteiger partial charge is 0.506 e. The van der Waals surface area contributed by atoms with Crippen LogP contribution in [0.1, 0.15) is 23.5 Å². The molecule has 1 amide bonds. The maximum Gasteiger partial charge on any atom is 0.225 e. The third kappa shape index (κ3) is 4.40. The van der Waals surface area contributed by atoms with Crippen molar-refractivity contribution in [2.24, 2.45) is 0 Å². The van der Waals surface area contributed by atoms with Crippen LogP contribution in [0.4, 0.5) is 5.69 Å². The SMILES string of the molecule is O=C(CC(c1ccccc1)c1ccccc1)Nc1cc(Cl)ccc1O. The lowest BCUT2D eigenvalue weighted by molar-refractivity contribution is -0.116. The van der Waals surface area contributed by atoms with Gasteiger partial charge in [-0.05, 0) is 29.3 Å². The Morgan fingerprint density at radius 3 is 2.04 bits per heavy atom. The van der Waals surface area contributed by atoms with Gasteiger partial charge < -0.3 is 10.4 Å². The zero-order chi connectivity index (χ0) is 17.6. The van der Waals surface area contributed by atoms with Crippen LogP contribution in [0.2, 0.25) is 5.02 Å². The monoisotopic (exact) mass is 351 g/mol. The highest BCUT2D eigenvalue weighted by Gasteiger charge is 2.18. The fourth-order valence-corrected chi connectivity index (χ4v) is 2.97. The summed E-state index contributed by atoms with van der Waals surface area (Å²) in [5, 5.41) is 13.1. The maximum absolute atomic E-state index is 12.6. The summed E-state index contributed by atoms with van der Waals surface area (Å²) in [4.78, 5) is 12.6. The highest BCUT2D eigenvalue weighted by atomic mass is 35.5. The van der Waals surface area contributed by atoms with Gasteiger partial charge in [-0.3, -0.25) is 4.79 Å². The first kappa shape index (κ1) is 17.1. The third-order valence-electron chi connectivity index (χ3n) is 4.03. The first-order chi connectivity index (χ1) is 12.1. The summed E-state index contributed by atoms with van der Waals surface area (Å²) < 4.78 is 0. The number of halogens is 1. The molecule has 3 rings (SSSR count). The lowest BCUT2D eigenvalue weighted by Crippen LogP contribution is -2.16. The van der Waals surface area contributed by atoms with Crippen molar-refractivity contribution in [1.29, 1.82) is 0 Å². The van der Waals surface area contributed by atoms with Crippen LogP contribution in [0.5, 0.6) is 5.75 Å². The second kappa shape index (κ2) is 7.86. The van der Waals surface area contributed by atoms with Gasteiger partial charge in [0.15, 0.2) is 0 Å². The van der Waals surface area contributed by atoms with E-state index in [1.165, 1.54) is 12.1 Å². The molecule has 0 atom stereocenters. The topological polar surface area (TPSA) is 49.3 Å². The lowest BCUT2D eigenvalue weighted by atomic mass is 9.88. The molecule has 0 aromatic heterocycles. The van der Waals surface area contributed by atoms with Crippen molar-refractivity contribution < 1.29 is 9.90 Å². The van der Waals surface area contributed by atoms with E-state index in [-0.39, 0.29) is 24.0 Å². The fourth-order valence-electron chi connectivity index (χ4n) is 2.79. The van der Waals surface area contributed by atoms with Gasteiger partial charge in [-0.1, -0.05) is 72.3 Å². The fraction of sp³-hybridized carbons (Fsp3) is 0.0952. The summed E-state index contributed by atoms with van der Waals surface area (Å²) in [6, 6.07) is 24.4. The summed E-state index contributed by atoms with van der Waals surface area (Å²) in [6.45, 7) is 0. The normalized spacial score (nSPS) is 10.6. The first-order valence-electron chi connectivity index (χ1n) is 8.02. The standard InChI is InChI=1S/C21H18ClNO2/c22-17-11-12-20(24)19(13-17)23-21(25)14-18(15-7-3-1-4-8-15)16-9-5-2-6-10-16/h1-13,18,24H,14H2,(H,23,25). The summed E-state index contributed by atoms with van der Waals surface area (Å²) in [5.41, 5.74) is 2.45. The van der Waals surface area contributed by atoms with E-state index in [2.05, 4.69) is 5.32 Å². The number of aromatic hydroxyl groups is 1. The third-order valence-corrected chi connectivity index (χ3v) is 4.26. The molecule has 4 heteroatoms. The lowest BCUT2D eigenvalue weighted by Gasteiger charge is -2.18. The molecule has 0 bridgehead atoms. The Morgan fingerprint density at radius 1 is 0.920 bits per heavy atom. The van der Waals surface area contributed by atoms with E-state index in [9.17, 15) is 9.90 Å². The highest BCUT2D eigenvalue weighted by molar-refractivity contribution is 6.31. The predicted molar refractivity (Wildman–Crippen MR) is 101 cm³/mol. The molecule has 0 unspecified atom stereocenters. The van der Waals surface area contributed by atoms with Gasteiger partial charge in [0.1, 0.15) is 5.75 Å². The van der Waals surface area contributed by atoms with Crippen LogP contribution in [0.25, 0.3) is 0 Å². The predicted octanol–water partition coefficient (Wildman–Crippen LogP) is 5.21. The van der Waals surface area contributed by atoms with Gasteiger partial charge >= 0.3 is 0 Å². The minimum Gasteiger partial charge on any atom is -0.506 e. The molecule has 0 aliphatic rings.